The third-order valence-electron chi connectivity index (χ3n) is 4.54. The van der Waals surface area contributed by atoms with E-state index in [9.17, 15) is 9.59 Å². The van der Waals surface area contributed by atoms with E-state index in [1.54, 1.807) is 31.2 Å². The third kappa shape index (κ3) is 4.67. The monoisotopic (exact) mass is 374 g/mol. The first kappa shape index (κ1) is 19.4. The number of hydrogen-bond donors (Lipinski definition) is 2. The molecule has 1 saturated heterocycles. The van der Waals surface area contributed by atoms with E-state index in [-0.39, 0.29) is 30.4 Å². The minimum absolute atomic E-state index is 0.107. The van der Waals surface area contributed by atoms with Crippen LogP contribution in [0.4, 0.5) is 5.69 Å². The summed E-state index contributed by atoms with van der Waals surface area (Å²) < 4.78 is 16.3. The first-order valence-corrected chi connectivity index (χ1v) is 9.49. The predicted octanol–water partition coefficient (Wildman–Crippen LogP) is 3.10. The molecule has 2 heterocycles. The van der Waals surface area contributed by atoms with Crippen LogP contribution in [0.3, 0.4) is 0 Å². The highest BCUT2D eigenvalue weighted by Crippen LogP contribution is 2.24. The van der Waals surface area contributed by atoms with Gasteiger partial charge in [-0.05, 0) is 50.6 Å². The zero-order valence-corrected chi connectivity index (χ0v) is 15.7. The Morgan fingerprint density at radius 1 is 1.30 bits per heavy atom. The van der Waals surface area contributed by atoms with Gasteiger partial charge in [-0.25, -0.2) is 4.79 Å². The van der Waals surface area contributed by atoms with E-state index < -0.39 is 5.97 Å². The fourth-order valence-corrected chi connectivity index (χ4v) is 3.14. The standard InChI is InChI=1S/C20H26N2O5/c1-3-5-10-26-16-8-9-21-18(16)19(23)22-14-6-7-15-13(11-14)12-17(27-15)20(24)25-4-2/h6-7,11-12,16,18,21H,3-5,8-10H2,1-2H3,(H,22,23)/t16-,18-/m0/s1. The average Bonchev–Trinajstić information content (AvgIpc) is 3.28. The van der Waals surface area contributed by atoms with Crippen molar-refractivity contribution in [1.29, 1.82) is 0 Å². The van der Waals surface area contributed by atoms with Gasteiger partial charge in [0.25, 0.3) is 0 Å². The molecule has 0 bridgehead atoms. The number of esters is 1. The Bertz CT molecular complexity index is 801. The van der Waals surface area contributed by atoms with Gasteiger partial charge >= 0.3 is 5.97 Å². The molecule has 1 aromatic heterocycles. The summed E-state index contributed by atoms with van der Waals surface area (Å²) in [6.45, 7) is 5.57. The molecule has 2 N–H and O–H groups in total. The number of amides is 1. The fraction of sp³-hybridized carbons (Fsp3) is 0.500. The van der Waals surface area contributed by atoms with E-state index in [1.807, 2.05) is 0 Å². The fourth-order valence-electron chi connectivity index (χ4n) is 3.14. The normalized spacial score (nSPS) is 19.3. The van der Waals surface area contributed by atoms with Crippen LogP contribution in [-0.4, -0.2) is 43.8 Å². The molecule has 146 valence electrons. The summed E-state index contributed by atoms with van der Waals surface area (Å²) in [5.74, 6) is -0.471. The van der Waals surface area contributed by atoms with Crippen molar-refractivity contribution in [2.75, 3.05) is 25.1 Å². The molecule has 1 aliphatic rings. The number of carbonyl (C=O) groups is 2. The van der Waals surface area contributed by atoms with Gasteiger partial charge in [-0.15, -0.1) is 0 Å². The predicted molar refractivity (Wildman–Crippen MR) is 102 cm³/mol. The first-order valence-electron chi connectivity index (χ1n) is 9.49. The smallest absolute Gasteiger partial charge is 0.374 e. The zero-order chi connectivity index (χ0) is 19.2. The van der Waals surface area contributed by atoms with Crippen LogP contribution in [0.2, 0.25) is 0 Å². The Labute approximate surface area is 158 Å². The topological polar surface area (TPSA) is 89.8 Å². The van der Waals surface area contributed by atoms with Gasteiger partial charge in [-0.3, -0.25) is 4.79 Å². The molecule has 0 spiro atoms. The van der Waals surface area contributed by atoms with Crippen molar-refractivity contribution in [3.8, 4) is 0 Å². The van der Waals surface area contributed by atoms with Crippen LogP contribution in [0.5, 0.6) is 0 Å². The lowest BCUT2D eigenvalue weighted by Gasteiger charge is -2.19. The van der Waals surface area contributed by atoms with Gasteiger partial charge in [0.1, 0.15) is 11.6 Å². The van der Waals surface area contributed by atoms with Crippen LogP contribution >= 0.6 is 0 Å². The van der Waals surface area contributed by atoms with Crippen LogP contribution in [-0.2, 0) is 14.3 Å². The van der Waals surface area contributed by atoms with E-state index in [4.69, 9.17) is 13.9 Å². The Hall–Kier alpha value is -2.38. The summed E-state index contributed by atoms with van der Waals surface area (Å²) in [5, 5.41) is 6.86. The molecule has 0 aliphatic carbocycles. The summed E-state index contributed by atoms with van der Waals surface area (Å²) in [4.78, 5) is 24.4. The summed E-state index contributed by atoms with van der Waals surface area (Å²) in [6.07, 6.45) is 2.77. The lowest BCUT2D eigenvalue weighted by atomic mass is 10.1. The molecule has 2 aromatic rings. The minimum atomic E-state index is -0.499. The Kier molecular flexibility index (Phi) is 6.47. The molecular formula is C20H26N2O5. The number of unbranched alkanes of at least 4 members (excludes halogenated alkanes) is 1. The van der Waals surface area contributed by atoms with Crippen LogP contribution in [0.25, 0.3) is 11.0 Å². The molecule has 7 nitrogen and oxygen atoms in total. The number of ether oxygens (including phenoxy) is 2. The lowest BCUT2D eigenvalue weighted by Crippen LogP contribution is -2.43. The number of nitrogens with one attached hydrogen (secondary N) is 2. The molecule has 7 heteroatoms. The Balaban J connectivity index is 1.66. The van der Waals surface area contributed by atoms with Crippen LogP contribution < -0.4 is 10.6 Å². The molecule has 0 saturated carbocycles. The maximum atomic E-state index is 12.6. The second-order valence-corrected chi connectivity index (χ2v) is 6.56. The molecule has 0 unspecified atom stereocenters. The molecule has 2 atom stereocenters. The molecule has 0 radical (unpaired) electrons. The van der Waals surface area contributed by atoms with Gasteiger partial charge < -0.3 is 24.5 Å². The highest BCUT2D eigenvalue weighted by atomic mass is 16.5. The van der Waals surface area contributed by atoms with Gasteiger partial charge in [-0.1, -0.05) is 13.3 Å². The minimum Gasteiger partial charge on any atom is -0.460 e. The average molecular weight is 374 g/mol. The van der Waals surface area contributed by atoms with Gasteiger partial charge in [0.2, 0.25) is 11.7 Å². The van der Waals surface area contributed by atoms with Crippen molar-refractivity contribution < 1.29 is 23.5 Å². The quantitative estimate of drug-likeness (QED) is 0.545. The van der Waals surface area contributed by atoms with Crippen molar-refractivity contribution in [2.24, 2.45) is 0 Å². The zero-order valence-electron chi connectivity index (χ0n) is 15.7. The number of furan rings is 1. The molecule has 27 heavy (non-hydrogen) atoms. The van der Waals surface area contributed by atoms with Crippen molar-refractivity contribution in [2.45, 2.75) is 45.3 Å². The third-order valence-corrected chi connectivity index (χ3v) is 4.54. The van der Waals surface area contributed by atoms with Gasteiger partial charge in [-0.2, -0.15) is 0 Å². The summed E-state index contributed by atoms with van der Waals surface area (Å²) in [6, 6.07) is 6.51. The van der Waals surface area contributed by atoms with Crippen LogP contribution in [0, 0.1) is 0 Å². The van der Waals surface area contributed by atoms with Crippen molar-refractivity contribution in [3.05, 3.63) is 30.0 Å². The van der Waals surface area contributed by atoms with E-state index >= 15 is 0 Å². The Morgan fingerprint density at radius 3 is 2.93 bits per heavy atom. The van der Waals surface area contributed by atoms with E-state index in [0.717, 1.165) is 31.2 Å². The van der Waals surface area contributed by atoms with Crippen molar-refractivity contribution in [1.82, 2.24) is 5.32 Å². The number of anilines is 1. The largest absolute Gasteiger partial charge is 0.460 e. The van der Waals surface area contributed by atoms with E-state index in [0.29, 0.717) is 17.9 Å². The highest BCUT2D eigenvalue weighted by Gasteiger charge is 2.33. The number of carbonyl (C=O) groups excluding carboxylic acids is 2. The molecule has 1 fully saturated rings. The first-order chi connectivity index (χ1) is 13.1. The van der Waals surface area contributed by atoms with Crippen LogP contribution in [0.15, 0.2) is 28.7 Å². The maximum Gasteiger partial charge on any atom is 0.374 e. The molecule has 1 amide bonds. The Morgan fingerprint density at radius 2 is 2.15 bits per heavy atom. The summed E-state index contributed by atoms with van der Waals surface area (Å²) in [7, 11) is 0. The number of hydrogen-bond acceptors (Lipinski definition) is 6. The van der Waals surface area contributed by atoms with Gasteiger partial charge in [0, 0.05) is 17.7 Å². The highest BCUT2D eigenvalue weighted by molar-refractivity contribution is 5.98. The lowest BCUT2D eigenvalue weighted by molar-refractivity contribution is -0.120. The second-order valence-electron chi connectivity index (χ2n) is 6.56. The SMILES string of the molecule is CCCCO[C@H]1CCN[C@@H]1C(=O)Nc1ccc2oc(C(=O)OCC)cc2c1. The summed E-state index contributed by atoms with van der Waals surface area (Å²) in [5.41, 5.74) is 1.21. The van der Waals surface area contributed by atoms with Crippen LogP contribution in [0.1, 0.15) is 43.7 Å². The number of benzene rings is 1. The number of rotatable bonds is 8. The second kappa shape index (κ2) is 9.01. The van der Waals surface area contributed by atoms with Gasteiger partial charge in [0.05, 0.1) is 12.7 Å². The summed E-state index contributed by atoms with van der Waals surface area (Å²) >= 11 is 0. The van der Waals surface area contributed by atoms with E-state index in [1.165, 1.54) is 0 Å². The molecule has 1 aromatic carbocycles. The van der Waals surface area contributed by atoms with E-state index in [2.05, 4.69) is 17.6 Å². The maximum absolute atomic E-state index is 12.6. The molecular weight excluding hydrogens is 348 g/mol. The van der Waals surface area contributed by atoms with Gasteiger partial charge in [0.15, 0.2) is 0 Å². The van der Waals surface area contributed by atoms with Crippen molar-refractivity contribution in [3.63, 3.8) is 0 Å². The molecule has 3 rings (SSSR count). The number of fused-ring (bicyclic) bond motifs is 1. The van der Waals surface area contributed by atoms with Crippen molar-refractivity contribution >= 4 is 28.5 Å². The molecule has 1 aliphatic heterocycles.